The number of carbonyl (C=O) groups is 2. The quantitative estimate of drug-likeness (QED) is 0.425. The van der Waals surface area contributed by atoms with Crippen molar-refractivity contribution in [1.82, 2.24) is 0 Å². The molecule has 1 amide bonds. The van der Waals surface area contributed by atoms with Crippen LogP contribution in [0.25, 0.3) is 6.08 Å². The maximum atomic E-state index is 13.0. The van der Waals surface area contributed by atoms with Crippen molar-refractivity contribution in [3.05, 3.63) is 53.1 Å². The molecule has 1 unspecified atom stereocenters. The van der Waals surface area contributed by atoms with Crippen LogP contribution in [-0.4, -0.2) is 50.8 Å². The average Bonchev–Trinajstić information content (AvgIpc) is 2.77. The molecule has 2 rings (SSSR count). The van der Waals surface area contributed by atoms with Gasteiger partial charge in [0.2, 0.25) is 5.91 Å². The molecule has 0 aliphatic heterocycles. The van der Waals surface area contributed by atoms with Crippen molar-refractivity contribution in [1.29, 1.82) is 0 Å². The molecule has 0 fully saturated rings. The predicted octanol–water partition coefficient (Wildman–Crippen LogP) is 2.26. The first-order chi connectivity index (χ1) is 14.3. The van der Waals surface area contributed by atoms with Gasteiger partial charge >= 0.3 is 0 Å². The number of benzene rings is 2. The molecule has 2 aromatic rings. The number of hydrogen-bond donors (Lipinski definition) is 3. The van der Waals surface area contributed by atoms with Gasteiger partial charge in [0, 0.05) is 0 Å². The van der Waals surface area contributed by atoms with Gasteiger partial charge in [-0.15, -0.1) is 0 Å². The highest BCUT2D eigenvalue weighted by atomic mass is 16.5. The van der Waals surface area contributed by atoms with Crippen molar-refractivity contribution in [2.45, 2.75) is 13.0 Å². The van der Waals surface area contributed by atoms with Crippen molar-refractivity contribution in [2.75, 3.05) is 33.3 Å². The first-order valence-electron chi connectivity index (χ1n) is 9.15. The minimum atomic E-state index is -1.06. The van der Waals surface area contributed by atoms with Gasteiger partial charge in [-0.05, 0) is 54.5 Å². The summed E-state index contributed by atoms with van der Waals surface area (Å²) in [7, 11) is 4.48. The molecule has 160 valence electrons. The van der Waals surface area contributed by atoms with Crippen LogP contribution in [0.3, 0.4) is 0 Å². The number of ketones is 1. The number of amides is 1. The van der Waals surface area contributed by atoms with E-state index in [4.69, 9.17) is 25.1 Å². The van der Waals surface area contributed by atoms with Crippen LogP contribution < -0.4 is 25.3 Å². The highest BCUT2D eigenvalue weighted by Crippen LogP contribution is 2.29. The van der Waals surface area contributed by atoms with E-state index in [9.17, 15) is 9.59 Å². The van der Waals surface area contributed by atoms with Gasteiger partial charge in [0.15, 0.2) is 5.78 Å². The van der Waals surface area contributed by atoms with E-state index >= 15 is 0 Å². The molecule has 8 heteroatoms. The van der Waals surface area contributed by atoms with Crippen LogP contribution in [0.4, 0.5) is 5.69 Å². The fraction of sp³-hybridized carbons (Fsp3) is 0.273. The number of aliphatic hydroxyl groups excluding tert-OH is 1. The molecule has 4 N–H and O–H groups in total. The molecule has 0 spiro atoms. The molecular weight excluding hydrogens is 388 g/mol. The molecule has 8 nitrogen and oxygen atoms in total. The average molecular weight is 414 g/mol. The minimum Gasteiger partial charge on any atom is -0.497 e. The fourth-order valence-electron chi connectivity index (χ4n) is 2.74. The minimum absolute atomic E-state index is 0.227. The Kier molecular flexibility index (Phi) is 7.97. The SMILES string of the molecule is COc1ccc(OC)c(C(=O)C(C)=Cc2ccc(OC)c(NC(=O)C(N)CO)c2)c1. The molecule has 1 atom stereocenters. The number of ether oxygens (including phenoxy) is 3. The fourth-order valence-corrected chi connectivity index (χ4v) is 2.74. The van der Waals surface area contributed by atoms with E-state index in [2.05, 4.69) is 5.32 Å². The van der Waals surface area contributed by atoms with Crippen molar-refractivity contribution in [3.63, 3.8) is 0 Å². The van der Waals surface area contributed by atoms with Crippen molar-refractivity contribution in [2.24, 2.45) is 5.73 Å². The normalized spacial score (nSPS) is 12.1. The summed E-state index contributed by atoms with van der Waals surface area (Å²) < 4.78 is 15.7. The molecule has 0 heterocycles. The summed E-state index contributed by atoms with van der Waals surface area (Å²) in [4.78, 5) is 25.0. The molecule has 0 aromatic heterocycles. The van der Waals surface area contributed by atoms with Crippen LogP contribution in [0.15, 0.2) is 42.0 Å². The largest absolute Gasteiger partial charge is 0.497 e. The molecule has 0 saturated carbocycles. The molecule has 0 bridgehead atoms. The maximum Gasteiger partial charge on any atom is 0.243 e. The number of carbonyl (C=O) groups excluding carboxylic acids is 2. The summed E-state index contributed by atoms with van der Waals surface area (Å²) in [6.45, 7) is 1.20. The molecule has 0 aliphatic carbocycles. The van der Waals surface area contributed by atoms with E-state index in [0.717, 1.165) is 0 Å². The molecular formula is C22H26N2O6. The monoisotopic (exact) mass is 414 g/mol. The number of nitrogens with two attached hydrogens (primary N) is 1. The zero-order chi connectivity index (χ0) is 22.3. The lowest BCUT2D eigenvalue weighted by atomic mass is 10.0. The van der Waals surface area contributed by atoms with Crippen LogP contribution in [0.1, 0.15) is 22.8 Å². The zero-order valence-electron chi connectivity index (χ0n) is 17.4. The molecule has 0 saturated heterocycles. The second-order valence-corrected chi connectivity index (χ2v) is 6.46. The predicted molar refractivity (Wildman–Crippen MR) is 114 cm³/mol. The summed E-state index contributed by atoms with van der Waals surface area (Å²) in [5.74, 6) is 0.625. The second kappa shape index (κ2) is 10.4. The Morgan fingerprint density at radius 2 is 1.73 bits per heavy atom. The highest BCUT2D eigenvalue weighted by molar-refractivity contribution is 6.12. The van der Waals surface area contributed by atoms with Gasteiger partial charge in [-0.25, -0.2) is 0 Å². The Bertz CT molecular complexity index is 955. The zero-order valence-corrected chi connectivity index (χ0v) is 17.4. The summed E-state index contributed by atoms with van der Waals surface area (Å²) in [6, 6.07) is 9.01. The number of aliphatic hydroxyl groups is 1. The summed E-state index contributed by atoms with van der Waals surface area (Å²) >= 11 is 0. The molecule has 30 heavy (non-hydrogen) atoms. The molecule has 2 aromatic carbocycles. The number of rotatable bonds is 9. The number of nitrogens with one attached hydrogen (secondary N) is 1. The van der Waals surface area contributed by atoms with Gasteiger partial charge in [0.05, 0.1) is 39.2 Å². The van der Waals surface area contributed by atoms with Gasteiger partial charge in [-0.2, -0.15) is 0 Å². The van der Waals surface area contributed by atoms with E-state index in [0.29, 0.717) is 39.6 Å². The lowest BCUT2D eigenvalue weighted by Gasteiger charge is -2.14. The van der Waals surface area contributed by atoms with Gasteiger partial charge < -0.3 is 30.4 Å². The van der Waals surface area contributed by atoms with E-state index in [-0.39, 0.29) is 5.78 Å². The lowest BCUT2D eigenvalue weighted by molar-refractivity contribution is -0.118. The topological polar surface area (TPSA) is 120 Å². The lowest BCUT2D eigenvalue weighted by Crippen LogP contribution is -2.38. The van der Waals surface area contributed by atoms with E-state index in [1.165, 1.54) is 21.3 Å². The van der Waals surface area contributed by atoms with Crippen LogP contribution in [-0.2, 0) is 4.79 Å². The van der Waals surface area contributed by atoms with Crippen LogP contribution >= 0.6 is 0 Å². The summed E-state index contributed by atoms with van der Waals surface area (Å²) in [6.07, 6.45) is 1.68. The third-order valence-corrected chi connectivity index (χ3v) is 4.41. The van der Waals surface area contributed by atoms with Crippen molar-refractivity contribution < 1.29 is 28.9 Å². The van der Waals surface area contributed by atoms with Gasteiger partial charge in [-0.1, -0.05) is 6.07 Å². The number of anilines is 1. The van der Waals surface area contributed by atoms with E-state index < -0.39 is 18.6 Å². The van der Waals surface area contributed by atoms with Gasteiger partial charge in [-0.3, -0.25) is 9.59 Å². The number of hydrogen-bond acceptors (Lipinski definition) is 7. The number of methoxy groups -OCH3 is 3. The second-order valence-electron chi connectivity index (χ2n) is 6.46. The van der Waals surface area contributed by atoms with E-state index in [1.807, 2.05) is 0 Å². The maximum absolute atomic E-state index is 13.0. The molecule has 0 radical (unpaired) electrons. The third kappa shape index (κ3) is 5.37. The smallest absolute Gasteiger partial charge is 0.243 e. The van der Waals surface area contributed by atoms with Crippen LogP contribution in [0.5, 0.6) is 17.2 Å². The Morgan fingerprint density at radius 3 is 2.33 bits per heavy atom. The van der Waals surface area contributed by atoms with E-state index in [1.54, 1.807) is 49.4 Å². The third-order valence-electron chi connectivity index (χ3n) is 4.41. The first kappa shape index (κ1) is 22.9. The van der Waals surface area contributed by atoms with Gasteiger partial charge in [0.1, 0.15) is 23.3 Å². The Morgan fingerprint density at radius 1 is 1.07 bits per heavy atom. The Balaban J connectivity index is 2.37. The first-order valence-corrected chi connectivity index (χ1v) is 9.15. The van der Waals surface area contributed by atoms with Crippen molar-refractivity contribution in [3.8, 4) is 17.2 Å². The highest BCUT2D eigenvalue weighted by Gasteiger charge is 2.17. The summed E-state index contributed by atoms with van der Waals surface area (Å²) in [5.41, 5.74) is 7.42. The van der Waals surface area contributed by atoms with Crippen molar-refractivity contribution >= 4 is 23.5 Å². The Labute approximate surface area is 175 Å². The number of allylic oxidation sites excluding steroid dienone is 1. The van der Waals surface area contributed by atoms with Crippen LogP contribution in [0.2, 0.25) is 0 Å². The number of Topliss-reactive ketones (excluding diaryl/α,β-unsaturated/α-hetero) is 1. The molecule has 0 aliphatic rings. The summed E-state index contributed by atoms with van der Waals surface area (Å²) in [5, 5.41) is 11.7. The Hall–Kier alpha value is -3.36. The standard InChI is InChI=1S/C22H26N2O6/c1-13(21(26)16-11-15(28-2)6-8-19(16)29-3)9-14-5-7-20(30-4)18(10-14)24-22(27)17(23)12-25/h5-11,17,25H,12,23H2,1-4H3,(H,24,27). The van der Waals surface area contributed by atoms with Gasteiger partial charge in [0.25, 0.3) is 0 Å². The van der Waals surface area contributed by atoms with Crippen LogP contribution in [0, 0.1) is 0 Å².